The number of carbonyl (C=O) groups is 1. The van der Waals surface area contributed by atoms with E-state index in [9.17, 15) is 9.59 Å². The Kier molecular flexibility index (Phi) is 4.37. The molecule has 0 atom stereocenters. The molecule has 1 aliphatic rings. The van der Waals surface area contributed by atoms with Crippen LogP contribution in [-0.2, 0) is 7.05 Å². The zero-order valence-electron chi connectivity index (χ0n) is 11.6. The smallest absolute Gasteiger partial charge is 0.254 e. The predicted octanol–water partition coefficient (Wildman–Crippen LogP) is 0.457. The molecule has 104 valence electrons. The summed E-state index contributed by atoms with van der Waals surface area (Å²) in [6.45, 7) is 2.56. The van der Waals surface area contributed by atoms with E-state index in [0.717, 1.165) is 32.5 Å². The maximum Gasteiger partial charge on any atom is 0.254 e. The summed E-state index contributed by atoms with van der Waals surface area (Å²) >= 11 is 0. The Morgan fingerprint density at radius 1 is 1.42 bits per heavy atom. The lowest BCUT2D eigenvalue weighted by Gasteiger charge is -2.32. The van der Waals surface area contributed by atoms with E-state index in [-0.39, 0.29) is 11.5 Å². The van der Waals surface area contributed by atoms with E-state index in [0.29, 0.717) is 11.5 Å². The molecule has 5 heteroatoms. The van der Waals surface area contributed by atoms with Crippen molar-refractivity contribution in [2.24, 2.45) is 13.0 Å². The molecule has 1 aromatic rings. The van der Waals surface area contributed by atoms with Gasteiger partial charge in [-0.25, -0.2) is 0 Å². The molecular weight excluding hydrogens is 242 g/mol. The number of likely N-dealkylation sites (tertiary alicyclic amines) is 1. The van der Waals surface area contributed by atoms with Gasteiger partial charge in [-0.3, -0.25) is 9.59 Å². The second-order valence-corrected chi connectivity index (χ2v) is 5.16. The van der Waals surface area contributed by atoms with Crippen molar-refractivity contribution >= 4 is 5.91 Å². The first kappa shape index (κ1) is 13.8. The molecule has 1 N–H and O–H groups in total. The number of aryl methyl sites for hydroxylation is 1. The van der Waals surface area contributed by atoms with E-state index in [1.54, 1.807) is 19.3 Å². The second kappa shape index (κ2) is 6.02. The van der Waals surface area contributed by atoms with Crippen LogP contribution in [0.25, 0.3) is 0 Å². The minimum absolute atomic E-state index is 0.0272. The normalized spacial score (nSPS) is 16.6. The van der Waals surface area contributed by atoms with Crippen molar-refractivity contribution in [3.63, 3.8) is 0 Å². The van der Waals surface area contributed by atoms with Gasteiger partial charge in [-0.05, 0) is 38.4 Å². The van der Waals surface area contributed by atoms with Gasteiger partial charge in [-0.15, -0.1) is 0 Å². The van der Waals surface area contributed by atoms with Gasteiger partial charge in [0.2, 0.25) is 0 Å². The molecule has 1 aromatic heterocycles. The third-order valence-corrected chi connectivity index (χ3v) is 3.75. The Bertz CT molecular complexity index is 502. The van der Waals surface area contributed by atoms with Gasteiger partial charge in [0.1, 0.15) is 0 Å². The highest BCUT2D eigenvalue weighted by Gasteiger charge is 2.23. The topological polar surface area (TPSA) is 54.3 Å². The molecule has 1 saturated heterocycles. The maximum absolute atomic E-state index is 12.3. The average Bonchev–Trinajstić information content (AvgIpc) is 2.42. The van der Waals surface area contributed by atoms with E-state index in [2.05, 4.69) is 5.32 Å². The molecule has 0 aromatic carbocycles. The van der Waals surface area contributed by atoms with Crippen LogP contribution in [0.5, 0.6) is 0 Å². The average molecular weight is 263 g/mol. The molecular formula is C14H21N3O2. The van der Waals surface area contributed by atoms with Crippen molar-refractivity contribution < 1.29 is 4.79 Å². The first-order chi connectivity index (χ1) is 9.11. The number of pyridine rings is 1. The standard InChI is InChI=1S/C14H21N3O2/c1-15-10-11-3-7-17(8-4-11)14(19)12-5-6-16(2)13(18)9-12/h5-6,9,11,15H,3-4,7-8,10H2,1-2H3. The van der Waals surface area contributed by atoms with Crippen LogP contribution in [0.4, 0.5) is 0 Å². The molecule has 1 amide bonds. The number of piperidine rings is 1. The lowest BCUT2D eigenvalue weighted by atomic mass is 9.96. The fraction of sp³-hybridized carbons (Fsp3) is 0.571. The van der Waals surface area contributed by atoms with Crippen LogP contribution in [0, 0.1) is 5.92 Å². The number of hydrogen-bond donors (Lipinski definition) is 1. The van der Waals surface area contributed by atoms with Gasteiger partial charge in [0, 0.05) is 38.0 Å². The summed E-state index contributed by atoms with van der Waals surface area (Å²) in [5.41, 5.74) is 0.353. The highest BCUT2D eigenvalue weighted by molar-refractivity contribution is 5.94. The third-order valence-electron chi connectivity index (χ3n) is 3.75. The monoisotopic (exact) mass is 263 g/mol. The van der Waals surface area contributed by atoms with Gasteiger partial charge < -0.3 is 14.8 Å². The van der Waals surface area contributed by atoms with Gasteiger partial charge in [-0.1, -0.05) is 0 Å². The Balaban J connectivity index is 2.01. The Hall–Kier alpha value is -1.62. The number of hydrogen-bond acceptors (Lipinski definition) is 3. The van der Waals surface area contributed by atoms with E-state index in [1.807, 2.05) is 11.9 Å². The van der Waals surface area contributed by atoms with Crippen molar-refractivity contribution in [2.45, 2.75) is 12.8 Å². The van der Waals surface area contributed by atoms with E-state index in [4.69, 9.17) is 0 Å². The van der Waals surface area contributed by atoms with Crippen LogP contribution in [0.3, 0.4) is 0 Å². The van der Waals surface area contributed by atoms with Crippen LogP contribution < -0.4 is 10.9 Å². The fourth-order valence-corrected chi connectivity index (χ4v) is 2.49. The lowest BCUT2D eigenvalue weighted by molar-refractivity contribution is 0.0690. The summed E-state index contributed by atoms with van der Waals surface area (Å²) in [7, 11) is 3.64. The van der Waals surface area contributed by atoms with E-state index in [1.165, 1.54) is 10.6 Å². The summed E-state index contributed by atoms with van der Waals surface area (Å²) in [6, 6.07) is 3.13. The number of aromatic nitrogens is 1. The van der Waals surface area contributed by atoms with Crippen molar-refractivity contribution in [2.75, 3.05) is 26.7 Å². The Morgan fingerprint density at radius 3 is 2.68 bits per heavy atom. The Morgan fingerprint density at radius 2 is 2.11 bits per heavy atom. The van der Waals surface area contributed by atoms with Gasteiger partial charge in [-0.2, -0.15) is 0 Å². The molecule has 0 unspecified atom stereocenters. The number of carbonyl (C=O) groups excluding carboxylic acids is 1. The summed E-state index contributed by atoms with van der Waals surface area (Å²) in [4.78, 5) is 25.7. The minimum atomic E-state index is -0.143. The molecule has 1 fully saturated rings. The molecule has 0 spiro atoms. The van der Waals surface area contributed by atoms with Crippen molar-refractivity contribution in [3.8, 4) is 0 Å². The van der Waals surface area contributed by atoms with Crippen molar-refractivity contribution in [1.29, 1.82) is 0 Å². The summed E-state index contributed by atoms with van der Waals surface area (Å²) in [5.74, 6) is 0.623. The van der Waals surface area contributed by atoms with Gasteiger partial charge in [0.25, 0.3) is 11.5 Å². The van der Waals surface area contributed by atoms with Crippen LogP contribution in [-0.4, -0.2) is 42.1 Å². The SMILES string of the molecule is CNCC1CCN(C(=O)c2ccn(C)c(=O)c2)CC1. The van der Waals surface area contributed by atoms with Crippen LogP contribution >= 0.6 is 0 Å². The van der Waals surface area contributed by atoms with Gasteiger partial charge >= 0.3 is 0 Å². The van der Waals surface area contributed by atoms with Crippen molar-refractivity contribution in [1.82, 2.24) is 14.8 Å². The highest BCUT2D eigenvalue weighted by Crippen LogP contribution is 2.17. The number of amides is 1. The largest absolute Gasteiger partial charge is 0.339 e. The zero-order chi connectivity index (χ0) is 13.8. The molecule has 19 heavy (non-hydrogen) atoms. The fourth-order valence-electron chi connectivity index (χ4n) is 2.49. The zero-order valence-corrected chi connectivity index (χ0v) is 11.6. The molecule has 1 aliphatic heterocycles. The first-order valence-electron chi connectivity index (χ1n) is 6.72. The highest BCUT2D eigenvalue weighted by atomic mass is 16.2. The molecule has 0 radical (unpaired) electrons. The Labute approximate surface area is 113 Å². The maximum atomic E-state index is 12.3. The van der Waals surface area contributed by atoms with Crippen molar-refractivity contribution in [3.05, 3.63) is 34.2 Å². The lowest BCUT2D eigenvalue weighted by Crippen LogP contribution is -2.40. The molecule has 2 heterocycles. The molecule has 5 nitrogen and oxygen atoms in total. The minimum Gasteiger partial charge on any atom is -0.339 e. The molecule has 0 saturated carbocycles. The second-order valence-electron chi connectivity index (χ2n) is 5.16. The number of nitrogens with one attached hydrogen (secondary N) is 1. The summed E-state index contributed by atoms with van der Waals surface area (Å²) in [6.07, 6.45) is 3.69. The number of nitrogens with zero attached hydrogens (tertiary/aromatic N) is 2. The quantitative estimate of drug-likeness (QED) is 0.862. The first-order valence-corrected chi connectivity index (χ1v) is 6.72. The third kappa shape index (κ3) is 3.23. The van der Waals surface area contributed by atoms with Gasteiger partial charge in [0.15, 0.2) is 0 Å². The molecule has 0 bridgehead atoms. The molecule has 2 rings (SSSR count). The van der Waals surface area contributed by atoms with Crippen LogP contribution in [0.15, 0.2) is 23.1 Å². The number of rotatable bonds is 3. The predicted molar refractivity (Wildman–Crippen MR) is 74.2 cm³/mol. The molecule has 0 aliphatic carbocycles. The summed E-state index contributed by atoms with van der Waals surface area (Å²) in [5, 5.41) is 3.18. The van der Waals surface area contributed by atoms with Crippen LogP contribution in [0.1, 0.15) is 23.2 Å². The van der Waals surface area contributed by atoms with E-state index < -0.39 is 0 Å². The van der Waals surface area contributed by atoms with Crippen LogP contribution in [0.2, 0.25) is 0 Å². The van der Waals surface area contributed by atoms with E-state index >= 15 is 0 Å². The van der Waals surface area contributed by atoms with Gasteiger partial charge in [0.05, 0.1) is 0 Å². The summed E-state index contributed by atoms with van der Waals surface area (Å²) < 4.78 is 1.47.